The lowest BCUT2D eigenvalue weighted by atomic mass is 9.75. The van der Waals surface area contributed by atoms with Crippen LogP contribution < -0.4 is 4.74 Å². The van der Waals surface area contributed by atoms with E-state index in [0.717, 1.165) is 76.8 Å². The molecule has 3 heterocycles. The molecule has 2 atom stereocenters. The van der Waals surface area contributed by atoms with Gasteiger partial charge in [0.25, 0.3) is 0 Å². The zero-order valence-corrected chi connectivity index (χ0v) is 22.7. The number of rotatable bonds is 5. The highest BCUT2D eigenvalue weighted by molar-refractivity contribution is 6.29. The fraction of sp³-hybridized carbons (Fsp3) is 0.452. The van der Waals surface area contributed by atoms with Gasteiger partial charge in [-0.15, -0.1) is 0 Å². The number of likely N-dealkylation sites (tertiary alicyclic amines) is 1. The van der Waals surface area contributed by atoms with E-state index in [9.17, 15) is 5.11 Å². The van der Waals surface area contributed by atoms with Gasteiger partial charge in [-0.3, -0.25) is 4.98 Å². The molecule has 4 nitrogen and oxygen atoms in total. The molecule has 3 aliphatic rings. The van der Waals surface area contributed by atoms with E-state index in [-0.39, 0.29) is 5.92 Å². The molecule has 1 saturated heterocycles. The molecule has 1 aliphatic carbocycles. The molecule has 1 aromatic heterocycles. The average molecular weight is 523 g/mol. The molecule has 2 aliphatic heterocycles. The van der Waals surface area contributed by atoms with Gasteiger partial charge in [-0.2, -0.15) is 0 Å². The van der Waals surface area contributed by atoms with Crippen LogP contribution in [-0.2, 0) is 12.2 Å². The molecule has 1 N–H and O–H groups in total. The number of hydrogen-bond donors (Lipinski definition) is 1. The molecule has 0 bridgehead atoms. The summed E-state index contributed by atoms with van der Waals surface area (Å²) in [6.07, 6.45) is 10.6. The van der Waals surface area contributed by atoms with E-state index in [1.54, 1.807) is 20.0 Å². The highest BCUT2D eigenvalue weighted by Gasteiger charge is 2.43. The zero-order valence-electron chi connectivity index (χ0n) is 21.9. The van der Waals surface area contributed by atoms with Crippen LogP contribution in [0.3, 0.4) is 0 Å². The number of ether oxygens (including phenoxy) is 1. The van der Waals surface area contributed by atoms with Crippen molar-refractivity contribution in [3.63, 3.8) is 0 Å². The predicted octanol–water partition coefficient (Wildman–Crippen LogP) is 6.92. The quantitative estimate of drug-likeness (QED) is 0.463. The van der Waals surface area contributed by atoms with Crippen LogP contribution in [0.15, 0.2) is 65.4 Å². The second-order valence-electron chi connectivity index (χ2n) is 11.1. The normalized spacial score (nSPS) is 25.5. The second-order valence-corrected chi connectivity index (χ2v) is 11.6. The van der Waals surface area contributed by atoms with E-state index in [0.29, 0.717) is 19.4 Å². The van der Waals surface area contributed by atoms with E-state index in [1.165, 1.54) is 0 Å². The number of nitrogens with zero attached hydrogens (tertiary/aromatic N) is 2. The number of aliphatic hydroxyl groups is 1. The van der Waals surface area contributed by atoms with Gasteiger partial charge in [0.1, 0.15) is 18.0 Å². The van der Waals surface area contributed by atoms with Gasteiger partial charge in [-0.05, 0) is 80.5 Å². The number of aromatic nitrogens is 1. The molecule has 2 aromatic rings. The third kappa shape index (κ3) is 5.41. The third-order valence-electron chi connectivity index (χ3n) is 8.05. The summed E-state index contributed by atoms with van der Waals surface area (Å²) in [5.74, 6) is 0.720. The molecule has 0 spiro atoms. The number of allylic oxidation sites excluding steroid dienone is 4. The van der Waals surface area contributed by atoms with Crippen molar-refractivity contribution in [2.45, 2.75) is 64.3 Å². The van der Waals surface area contributed by atoms with Crippen LogP contribution in [0.25, 0.3) is 5.57 Å². The number of piperidine rings is 1. The van der Waals surface area contributed by atoms with Gasteiger partial charge in [0, 0.05) is 47.9 Å². The fourth-order valence-corrected chi connectivity index (χ4v) is 5.93. The minimum atomic E-state index is -1.25. The van der Waals surface area contributed by atoms with Crippen LogP contribution in [0, 0.1) is 5.92 Å². The molecule has 196 valence electrons. The van der Waals surface area contributed by atoms with Crippen molar-refractivity contribution in [3.05, 3.63) is 87.7 Å². The first kappa shape index (κ1) is 26.1. The van der Waals surface area contributed by atoms with Gasteiger partial charge in [0.15, 0.2) is 0 Å². The molecule has 37 heavy (non-hydrogen) atoms. The number of halogens is 2. The monoisotopic (exact) mass is 522 g/mol. The van der Waals surface area contributed by atoms with E-state index < -0.39 is 11.3 Å². The van der Waals surface area contributed by atoms with Gasteiger partial charge in [-0.1, -0.05) is 42.8 Å². The molecule has 0 amide bonds. The Kier molecular flexibility index (Phi) is 7.32. The maximum Gasteiger partial charge on any atom is 0.137 e. The summed E-state index contributed by atoms with van der Waals surface area (Å²) < 4.78 is 22.2. The summed E-state index contributed by atoms with van der Waals surface area (Å²) in [6.45, 7) is 8.34. The lowest BCUT2D eigenvalue weighted by Gasteiger charge is -2.43. The van der Waals surface area contributed by atoms with Crippen LogP contribution >= 0.6 is 11.6 Å². The molecule has 1 fully saturated rings. The third-order valence-corrected chi connectivity index (χ3v) is 8.37. The molecule has 6 heteroatoms. The SMILES string of the molecule is CC1CN(CC/C=C2/c3cc(C(C)(C)O)ccc3OCc3ncccc32)CCC1(F)C1=CC=C(Cl)CC1. The van der Waals surface area contributed by atoms with Crippen molar-refractivity contribution in [3.8, 4) is 5.75 Å². The number of hydrogen-bond acceptors (Lipinski definition) is 4. The van der Waals surface area contributed by atoms with Gasteiger partial charge in [0.05, 0.1) is 11.3 Å². The van der Waals surface area contributed by atoms with Crippen molar-refractivity contribution < 1.29 is 14.2 Å². The van der Waals surface area contributed by atoms with Crippen molar-refractivity contribution in [1.29, 1.82) is 0 Å². The van der Waals surface area contributed by atoms with Crippen molar-refractivity contribution in [2.24, 2.45) is 5.92 Å². The van der Waals surface area contributed by atoms with E-state index >= 15 is 4.39 Å². The van der Waals surface area contributed by atoms with Crippen LogP contribution in [0.2, 0.25) is 0 Å². The topological polar surface area (TPSA) is 45.6 Å². The Bertz CT molecular complexity index is 1260. The Labute approximate surface area is 224 Å². The Balaban J connectivity index is 1.36. The summed E-state index contributed by atoms with van der Waals surface area (Å²) in [7, 11) is 0. The van der Waals surface area contributed by atoms with Crippen LogP contribution in [0.5, 0.6) is 5.75 Å². The lowest BCUT2D eigenvalue weighted by molar-refractivity contribution is 0.0319. The first-order valence-corrected chi connectivity index (χ1v) is 13.6. The van der Waals surface area contributed by atoms with Gasteiger partial charge in [-0.25, -0.2) is 4.39 Å². The minimum absolute atomic E-state index is 0.0725. The molecule has 0 saturated carbocycles. The summed E-state index contributed by atoms with van der Waals surface area (Å²) in [4.78, 5) is 6.94. The standard InChI is InChI=1S/C31H36ClFN2O2/c1-21-19-35(17-14-31(21,33)22-8-11-24(32)12-9-22)16-5-7-25-26-6-4-15-34-28(26)20-37-29-13-10-23(18-27(25)29)30(2,3)36/h4,6-8,10-11,13,15,18,21,36H,5,9,12,14,16-17,19-20H2,1-3H3/b25-7+. The molecular formula is C31H36ClFN2O2. The average Bonchev–Trinajstić information content (AvgIpc) is 3.03. The summed E-state index contributed by atoms with van der Waals surface area (Å²) in [5, 5.41) is 11.4. The minimum Gasteiger partial charge on any atom is -0.487 e. The van der Waals surface area contributed by atoms with E-state index in [2.05, 4.69) is 22.0 Å². The van der Waals surface area contributed by atoms with Gasteiger partial charge >= 0.3 is 0 Å². The van der Waals surface area contributed by atoms with E-state index in [1.807, 2.05) is 43.3 Å². The van der Waals surface area contributed by atoms with Gasteiger partial charge in [0.2, 0.25) is 0 Å². The Hall–Kier alpha value is -2.47. The fourth-order valence-electron chi connectivity index (χ4n) is 5.78. The first-order valence-electron chi connectivity index (χ1n) is 13.3. The molecular weight excluding hydrogens is 487 g/mol. The molecule has 1 aromatic carbocycles. The number of benzene rings is 1. The number of pyridine rings is 1. The maximum atomic E-state index is 16.1. The highest BCUT2D eigenvalue weighted by Crippen LogP contribution is 2.43. The van der Waals surface area contributed by atoms with Crippen molar-refractivity contribution in [1.82, 2.24) is 9.88 Å². The molecule has 5 rings (SSSR count). The summed E-state index contributed by atoms with van der Waals surface area (Å²) >= 11 is 6.11. The van der Waals surface area contributed by atoms with Crippen molar-refractivity contribution >= 4 is 17.2 Å². The molecule has 0 radical (unpaired) electrons. The van der Waals surface area contributed by atoms with Crippen LogP contribution in [0.4, 0.5) is 4.39 Å². The number of fused-ring (bicyclic) bond motifs is 2. The smallest absolute Gasteiger partial charge is 0.137 e. The number of alkyl halides is 1. The van der Waals surface area contributed by atoms with Gasteiger partial charge < -0.3 is 14.7 Å². The summed E-state index contributed by atoms with van der Waals surface area (Å²) in [6, 6.07) is 9.93. The highest BCUT2D eigenvalue weighted by atomic mass is 35.5. The Morgan fingerprint density at radius 1 is 1.24 bits per heavy atom. The maximum absolute atomic E-state index is 16.1. The Morgan fingerprint density at radius 2 is 2.08 bits per heavy atom. The van der Waals surface area contributed by atoms with Crippen molar-refractivity contribution in [2.75, 3.05) is 19.6 Å². The zero-order chi connectivity index (χ0) is 26.2. The Morgan fingerprint density at radius 3 is 2.81 bits per heavy atom. The molecule has 2 unspecified atom stereocenters. The second kappa shape index (κ2) is 10.4. The lowest BCUT2D eigenvalue weighted by Crippen LogP contribution is -2.49. The van der Waals surface area contributed by atoms with Crippen LogP contribution in [-0.4, -0.2) is 40.3 Å². The van der Waals surface area contributed by atoms with Crippen LogP contribution in [0.1, 0.15) is 68.8 Å². The largest absolute Gasteiger partial charge is 0.487 e. The summed E-state index contributed by atoms with van der Waals surface area (Å²) in [5.41, 5.74) is 3.53. The predicted molar refractivity (Wildman–Crippen MR) is 147 cm³/mol. The first-order chi connectivity index (χ1) is 17.6. The van der Waals surface area contributed by atoms with E-state index in [4.69, 9.17) is 16.3 Å².